The van der Waals surface area contributed by atoms with Crippen LogP contribution in [0.15, 0.2) is 48.5 Å². The fourth-order valence-corrected chi connectivity index (χ4v) is 2.63. The minimum absolute atomic E-state index is 0.166. The molecule has 1 saturated heterocycles. The molecule has 1 N–H and O–H groups in total. The predicted molar refractivity (Wildman–Crippen MR) is 86.9 cm³/mol. The van der Waals surface area contributed by atoms with Gasteiger partial charge in [0.2, 0.25) is 5.91 Å². The SMILES string of the molecule is Cc1ccc(N[C@@H]2CC(=O)N(c3cccc(C)c3)C2=O)cc1. The van der Waals surface area contributed by atoms with Crippen molar-refractivity contribution < 1.29 is 9.59 Å². The number of nitrogens with one attached hydrogen (secondary N) is 1. The van der Waals surface area contributed by atoms with Gasteiger partial charge in [0.05, 0.1) is 12.1 Å². The third-order valence-corrected chi connectivity index (χ3v) is 3.80. The number of carbonyl (C=O) groups excluding carboxylic acids is 2. The first-order valence-corrected chi connectivity index (χ1v) is 7.31. The van der Waals surface area contributed by atoms with E-state index in [0.29, 0.717) is 5.69 Å². The lowest BCUT2D eigenvalue weighted by Crippen LogP contribution is -2.34. The minimum atomic E-state index is -0.504. The van der Waals surface area contributed by atoms with Gasteiger partial charge < -0.3 is 5.32 Å². The number of hydrogen-bond donors (Lipinski definition) is 1. The van der Waals surface area contributed by atoms with Crippen molar-refractivity contribution in [2.45, 2.75) is 26.3 Å². The molecule has 0 aromatic heterocycles. The van der Waals surface area contributed by atoms with Gasteiger partial charge in [-0.05, 0) is 43.7 Å². The Morgan fingerprint density at radius 1 is 1.00 bits per heavy atom. The third-order valence-electron chi connectivity index (χ3n) is 3.80. The van der Waals surface area contributed by atoms with Gasteiger partial charge in [0.25, 0.3) is 5.91 Å². The zero-order valence-electron chi connectivity index (χ0n) is 12.7. The van der Waals surface area contributed by atoms with Crippen LogP contribution in [0.1, 0.15) is 17.5 Å². The van der Waals surface area contributed by atoms with Crippen molar-refractivity contribution in [3.05, 3.63) is 59.7 Å². The van der Waals surface area contributed by atoms with E-state index >= 15 is 0 Å². The van der Waals surface area contributed by atoms with Crippen LogP contribution in [0.2, 0.25) is 0 Å². The number of benzene rings is 2. The maximum atomic E-state index is 12.5. The Morgan fingerprint density at radius 3 is 2.41 bits per heavy atom. The topological polar surface area (TPSA) is 49.4 Å². The van der Waals surface area contributed by atoms with E-state index in [1.54, 1.807) is 6.07 Å². The number of hydrogen-bond acceptors (Lipinski definition) is 3. The molecule has 0 saturated carbocycles. The van der Waals surface area contributed by atoms with E-state index in [2.05, 4.69) is 5.32 Å². The highest BCUT2D eigenvalue weighted by atomic mass is 16.2. The van der Waals surface area contributed by atoms with Crippen LogP contribution < -0.4 is 10.2 Å². The highest BCUT2D eigenvalue weighted by Crippen LogP contribution is 2.25. The summed E-state index contributed by atoms with van der Waals surface area (Å²) in [6.45, 7) is 3.95. The lowest BCUT2D eigenvalue weighted by molar-refractivity contribution is -0.121. The molecule has 4 nitrogen and oxygen atoms in total. The molecule has 0 bridgehead atoms. The Bertz CT molecular complexity index is 722. The Balaban J connectivity index is 1.81. The zero-order valence-corrected chi connectivity index (χ0v) is 12.7. The molecule has 1 aliphatic heterocycles. The number of imide groups is 1. The van der Waals surface area contributed by atoms with Gasteiger partial charge in [-0.1, -0.05) is 29.8 Å². The summed E-state index contributed by atoms with van der Waals surface area (Å²) in [5.41, 5.74) is 3.67. The van der Waals surface area contributed by atoms with Gasteiger partial charge in [0.1, 0.15) is 6.04 Å². The number of nitrogens with zero attached hydrogens (tertiary/aromatic N) is 1. The van der Waals surface area contributed by atoms with E-state index in [1.807, 2.05) is 56.3 Å². The maximum absolute atomic E-state index is 12.5. The molecule has 22 heavy (non-hydrogen) atoms. The van der Waals surface area contributed by atoms with Crippen LogP contribution in [0.5, 0.6) is 0 Å². The molecule has 3 rings (SSSR count). The molecule has 2 aromatic carbocycles. The van der Waals surface area contributed by atoms with E-state index < -0.39 is 6.04 Å². The number of aryl methyl sites for hydroxylation is 2. The quantitative estimate of drug-likeness (QED) is 0.885. The standard InChI is InChI=1S/C18H18N2O2/c1-12-6-8-14(9-7-12)19-16-11-17(21)20(18(16)22)15-5-3-4-13(2)10-15/h3-10,16,19H,11H2,1-2H3/t16-/m1/s1. The summed E-state index contributed by atoms with van der Waals surface area (Å²) >= 11 is 0. The molecule has 1 aliphatic rings. The fourth-order valence-electron chi connectivity index (χ4n) is 2.63. The van der Waals surface area contributed by atoms with Crippen LogP contribution in [-0.4, -0.2) is 17.9 Å². The van der Waals surface area contributed by atoms with E-state index in [9.17, 15) is 9.59 Å². The van der Waals surface area contributed by atoms with E-state index in [1.165, 1.54) is 4.90 Å². The van der Waals surface area contributed by atoms with E-state index in [0.717, 1.165) is 16.8 Å². The summed E-state index contributed by atoms with van der Waals surface area (Å²) in [5.74, 6) is -0.364. The summed E-state index contributed by atoms with van der Waals surface area (Å²) in [4.78, 5) is 26.0. The second-order valence-corrected chi connectivity index (χ2v) is 5.67. The van der Waals surface area contributed by atoms with E-state index in [4.69, 9.17) is 0 Å². The Kier molecular flexibility index (Phi) is 3.67. The van der Waals surface area contributed by atoms with Crippen LogP contribution in [-0.2, 0) is 9.59 Å². The molecule has 1 fully saturated rings. The zero-order chi connectivity index (χ0) is 15.7. The van der Waals surface area contributed by atoms with Crippen LogP contribution >= 0.6 is 0 Å². The maximum Gasteiger partial charge on any atom is 0.256 e. The summed E-state index contributed by atoms with van der Waals surface area (Å²) < 4.78 is 0. The first-order chi connectivity index (χ1) is 10.5. The number of anilines is 2. The lowest BCUT2D eigenvalue weighted by atomic mass is 10.2. The molecule has 0 spiro atoms. The van der Waals surface area contributed by atoms with Gasteiger partial charge in [-0.15, -0.1) is 0 Å². The number of carbonyl (C=O) groups is 2. The first-order valence-electron chi connectivity index (χ1n) is 7.31. The van der Waals surface area contributed by atoms with Crippen LogP contribution in [0.25, 0.3) is 0 Å². The number of rotatable bonds is 3. The van der Waals surface area contributed by atoms with Crippen LogP contribution in [0, 0.1) is 13.8 Å². The summed E-state index contributed by atoms with van der Waals surface area (Å²) in [7, 11) is 0. The average Bonchev–Trinajstić information content (AvgIpc) is 2.76. The molecule has 2 amide bonds. The van der Waals surface area contributed by atoms with Crippen LogP contribution in [0.3, 0.4) is 0 Å². The molecular formula is C18H18N2O2. The van der Waals surface area contributed by atoms with Crippen molar-refractivity contribution in [1.82, 2.24) is 0 Å². The highest BCUT2D eigenvalue weighted by molar-refractivity contribution is 6.23. The Labute approximate surface area is 129 Å². The van der Waals surface area contributed by atoms with Crippen molar-refractivity contribution in [1.29, 1.82) is 0 Å². The molecule has 1 heterocycles. The van der Waals surface area contributed by atoms with Gasteiger partial charge in [0, 0.05) is 5.69 Å². The molecule has 4 heteroatoms. The largest absolute Gasteiger partial charge is 0.373 e. The first kappa shape index (κ1) is 14.3. The van der Waals surface area contributed by atoms with Gasteiger partial charge in [-0.2, -0.15) is 0 Å². The van der Waals surface area contributed by atoms with Crippen molar-refractivity contribution >= 4 is 23.2 Å². The second-order valence-electron chi connectivity index (χ2n) is 5.67. The number of amides is 2. The monoisotopic (exact) mass is 294 g/mol. The van der Waals surface area contributed by atoms with Crippen LogP contribution in [0.4, 0.5) is 11.4 Å². The molecule has 112 valence electrons. The minimum Gasteiger partial charge on any atom is -0.373 e. The van der Waals surface area contributed by atoms with Gasteiger partial charge in [-0.25, -0.2) is 4.90 Å². The van der Waals surface area contributed by atoms with Gasteiger partial charge in [-0.3, -0.25) is 9.59 Å². The third kappa shape index (κ3) is 2.72. The highest BCUT2D eigenvalue weighted by Gasteiger charge is 2.39. The molecule has 0 unspecified atom stereocenters. The lowest BCUT2D eigenvalue weighted by Gasteiger charge is -2.16. The molecular weight excluding hydrogens is 276 g/mol. The molecule has 0 aliphatic carbocycles. The second kappa shape index (κ2) is 5.64. The summed E-state index contributed by atoms with van der Waals surface area (Å²) in [5, 5.41) is 3.15. The molecule has 0 radical (unpaired) electrons. The molecule has 1 atom stereocenters. The normalized spacial score (nSPS) is 17.9. The summed E-state index contributed by atoms with van der Waals surface area (Å²) in [6.07, 6.45) is 0.181. The Morgan fingerprint density at radius 2 is 1.73 bits per heavy atom. The van der Waals surface area contributed by atoms with Crippen molar-refractivity contribution in [3.8, 4) is 0 Å². The fraction of sp³-hybridized carbons (Fsp3) is 0.222. The van der Waals surface area contributed by atoms with Gasteiger partial charge in [0.15, 0.2) is 0 Å². The smallest absolute Gasteiger partial charge is 0.256 e. The van der Waals surface area contributed by atoms with Gasteiger partial charge >= 0.3 is 0 Å². The predicted octanol–water partition coefficient (Wildman–Crippen LogP) is 3.05. The summed E-state index contributed by atoms with van der Waals surface area (Å²) in [6, 6.07) is 14.7. The van der Waals surface area contributed by atoms with Crippen molar-refractivity contribution in [2.24, 2.45) is 0 Å². The van der Waals surface area contributed by atoms with Crippen molar-refractivity contribution in [3.63, 3.8) is 0 Å². The van der Waals surface area contributed by atoms with E-state index in [-0.39, 0.29) is 18.2 Å². The average molecular weight is 294 g/mol. The van der Waals surface area contributed by atoms with Crippen molar-refractivity contribution in [2.75, 3.05) is 10.2 Å². The Hall–Kier alpha value is -2.62. The molecule has 2 aromatic rings.